The molecule has 3 aliphatic rings. The van der Waals surface area contributed by atoms with Crippen LogP contribution in [0.3, 0.4) is 0 Å². The van der Waals surface area contributed by atoms with Crippen LogP contribution < -0.4 is 15.0 Å². The second-order valence-corrected chi connectivity index (χ2v) is 9.74. The number of hydrogen-bond donors (Lipinski definition) is 2. The monoisotopic (exact) mass is 524 g/mol. The summed E-state index contributed by atoms with van der Waals surface area (Å²) in [5, 5.41) is 11.6. The summed E-state index contributed by atoms with van der Waals surface area (Å²) in [7, 11) is 0. The van der Waals surface area contributed by atoms with Crippen LogP contribution in [0.5, 0.6) is 5.88 Å². The second kappa shape index (κ2) is 9.64. The number of pyridine rings is 1. The van der Waals surface area contributed by atoms with Crippen LogP contribution in [0.25, 0.3) is 11.1 Å². The van der Waals surface area contributed by atoms with Crippen molar-refractivity contribution in [3.05, 3.63) is 35.6 Å². The van der Waals surface area contributed by atoms with Gasteiger partial charge in [-0.3, -0.25) is 0 Å². The standard InChI is InChI=1S/C25H28F4N4O4/c1-15-8-19(26)20(30-23(35)33-13-17-12-24(17,14-33)25(27,28)29)11-18(15)16-9-21(32-2-5-36-6-3-32)31-22(10-16)37-7-4-34/h8-11,17,34H,2-7,12-14H2,1H3,(H,30,35). The number of alkyl halides is 3. The number of fused-ring (bicyclic) bond motifs is 1. The molecule has 1 aromatic carbocycles. The Bertz CT molecular complexity index is 1190. The van der Waals surface area contributed by atoms with Crippen molar-refractivity contribution in [1.82, 2.24) is 9.88 Å². The summed E-state index contributed by atoms with van der Waals surface area (Å²) in [5.41, 5.74) is -0.135. The van der Waals surface area contributed by atoms with Gasteiger partial charge in [-0.05, 0) is 54.2 Å². The van der Waals surface area contributed by atoms with Crippen LogP contribution in [-0.2, 0) is 4.74 Å². The smallest absolute Gasteiger partial charge is 0.396 e. The number of urea groups is 1. The SMILES string of the molecule is Cc1cc(F)c(NC(=O)N2CC3CC3(C(F)(F)F)C2)cc1-c1cc(OCCO)nc(N2CCOCC2)c1. The van der Waals surface area contributed by atoms with Gasteiger partial charge in [-0.2, -0.15) is 18.2 Å². The Morgan fingerprint density at radius 3 is 2.70 bits per heavy atom. The molecule has 2 unspecified atom stereocenters. The third-order valence-electron chi connectivity index (χ3n) is 7.33. The van der Waals surface area contributed by atoms with Crippen LogP contribution in [0.1, 0.15) is 12.0 Å². The van der Waals surface area contributed by atoms with E-state index >= 15 is 0 Å². The summed E-state index contributed by atoms with van der Waals surface area (Å²) >= 11 is 0. The highest BCUT2D eigenvalue weighted by atomic mass is 19.4. The van der Waals surface area contributed by atoms with Crippen molar-refractivity contribution in [1.29, 1.82) is 0 Å². The maximum absolute atomic E-state index is 14.9. The molecule has 12 heteroatoms. The highest BCUT2D eigenvalue weighted by molar-refractivity contribution is 5.91. The molecular formula is C25H28F4N4O4. The van der Waals surface area contributed by atoms with Crippen LogP contribution in [-0.4, -0.2) is 79.8 Å². The molecule has 1 aromatic heterocycles. The molecule has 37 heavy (non-hydrogen) atoms. The van der Waals surface area contributed by atoms with Crippen LogP contribution in [0.4, 0.5) is 33.9 Å². The van der Waals surface area contributed by atoms with Gasteiger partial charge in [0.05, 0.1) is 30.9 Å². The van der Waals surface area contributed by atoms with E-state index in [-0.39, 0.29) is 37.7 Å². The van der Waals surface area contributed by atoms with Gasteiger partial charge in [0.1, 0.15) is 18.2 Å². The topological polar surface area (TPSA) is 87.2 Å². The van der Waals surface area contributed by atoms with E-state index in [1.165, 1.54) is 12.1 Å². The molecule has 2 aliphatic heterocycles. The van der Waals surface area contributed by atoms with Gasteiger partial charge in [-0.25, -0.2) is 9.18 Å². The number of amides is 2. The maximum atomic E-state index is 14.9. The molecule has 2 N–H and O–H groups in total. The molecule has 5 rings (SSSR count). The first-order chi connectivity index (χ1) is 17.6. The lowest BCUT2D eigenvalue weighted by atomic mass is 10.00. The number of piperidine rings is 1. The number of hydrogen-bond acceptors (Lipinski definition) is 6. The van der Waals surface area contributed by atoms with Crippen molar-refractivity contribution in [2.24, 2.45) is 11.3 Å². The fourth-order valence-corrected chi connectivity index (χ4v) is 5.18. The van der Waals surface area contributed by atoms with Crippen LogP contribution in [0.2, 0.25) is 0 Å². The molecule has 0 spiro atoms. The number of aliphatic hydroxyl groups excluding tert-OH is 1. The summed E-state index contributed by atoms with van der Waals surface area (Å²) < 4.78 is 66.1. The predicted octanol–water partition coefficient (Wildman–Crippen LogP) is 3.82. The van der Waals surface area contributed by atoms with Crippen molar-refractivity contribution in [2.45, 2.75) is 19.5 Å². The lowest BCUT2D eigenvalue weighted by Crippen LogP contribution is -2.39. The van der Waals surface area contributed by atoms with Crippen molar-refractivity contribution < 1.29 is 36.9 Å². The van der Waals surface area contributed by atoms with E-state index in [2.05, 4.69) is 10.3 Å². The molecule has 200 valence electrons. The first-order valence-corrected chi connectivity index (χ1v) is 12.1. The number of carbonyl (C=O) groups is 1. The van der Waals surface area contributed by atoms with Gasteiger partial charge in [0.15, 0.2) is 0 Å². The van der Waals surface area contributed by atoms with Gasteiger partial charge in [0, 0.05) is 32.2 Å². The number of aryl methyl sites for hydroxylation is 1. The van der Waals surface area contributed by atoms with Crippen LogP contribution in [0.15, 0.2) is 24.3 Å². The van der Waals surface area contributed by atoms with E-state index in [1.807, 2.05) is 11.0 Å². The fourth-order valence-electron chi connectivity index (χ4n) is 5.18. The number of ether oxygens (including phenoxy) is 2. The minimum Gasteiger partial charge on any atom is -0.475 e. The van der Waals surface area contributed by atoms with Gasteiger partial charge in [-0.15, -0.1) is 0 Å². The first kappa shape index (κ1) is 25.5. The van der Waals surface area contributed by atoms with Crippen molar-refractivity contribution in [3.63, 3.8) is 0 Å². The molecule has 0 bridgehead atoms. The largest absolute Gasteiger partial charge is 0.475 e. The molecule has 3 heterocycles. The van der Waals surface area contributed by atoms with Gasteiger partial charge in [0.25, 0.3) is 0 Å². The Labute approximate surface area is 211 Å². The summed E-state index contributed by atoms with van der Waals surface area (Å²) in [6.07, 6.45) is -4.35. The van der Waals surface area contributed by atoms with E-state index in [9.17, 15) is 22.4 Å². The molecule has 1 aliphatic carbocycles. The Kier molecular flexibility index (Phi) is 6.65. The normalized spacial score (nSPS) is 23.1. The quantitative estimate of drug-likeness (QED) is 0.559. The molecule has 3 fully saturated rings. The van der Waals surface area contributed by atoms with Gasteiger partial charge in [-0.1, -0.05) is 0 Å². The van der Waals surface area contributed by atoms with Gasteiger partial charge < -0.3 is 29.7 Å². The molecule has 1 saturated carbocycles. The van der Waals surface area contributed by atoms with Crippen molar-refractivity contribution in [2.75, 3.05) is 62.8 Å². The Morgan fingerprint density at radius 2 is 2.03 bits per heavy atom. The molecule has 2 saturated heterocycles. The average molecular weight is 525 g/mol. The first-order valence-electron chi connectivity index (χ1n) is 12.1. The molecule has 2 amide bonds. The number of morpholine rings is 1. The Morgan fingerprint density at radius 1 is 1.27 bits per heavy atom. The second-order valence-electron chi connectivity index (χ2n) is 9.74. The number of aromatic nitrogens is 1. The number of rotatable bonds is 6. The number of halogens is 4. The van der Waals surface area contributed by atoms with Crippen molar-refractivity contribution >= 4 is 17.5 Å². The molecule has 0 radical (unpaired) electrons. The summed E-state index contributed by atoms with van der Waals surface area (Å²) in [6, 6.07) is 5.45. The number of aliphatic hydroxyl groups is 1. The van der Waals surface area contributed by atoms with Gasteiger partial charge >= 0.3 is 12.2 Å². The molecule has 8 nitrogen and oxygen atoms in total. The zero-order chi connectivity index (χ0) is 26.4. The summed E-state index contributed by atoms with van der Waals surface area (Å²) in [4.78, 5) is 20.4. The minimum absolute atomic E-state index is 0.00942. The maximum Gasteiger partial charge on any atom is 0.396 e. The number of nitrogens with zero attached hydrogens (tertiary/aromatic N) is 3. The number of carbonyl (C=O) groups excluding carboxylic acids is 1. The zero-order valence-electron chi connectivity index (χ0n) is 20.3. The lowest BCUT2D eigenvalue weighted by Gasteiger charge is -2.28. The van der Waals surface area contributed by atoms with Crippen LogP contribution in [0, 0.1) is 24.1 Å². The van der Waals surface area contributed by atoms with Gasteiger partial charge in [0.2, 0.25) is 5.88 Å². The van der Waals surface area contributed by atoms with Crippen LogP contribution >= 0.6 is 0 Å². The number of benzene rings is 1. The van der Waals surface area contributed by atoms with E-state index < -0.39 is 35.9 Å². The number of anilines is 2. The molecule has 2 aromatic rings. The van der Waals surface area contributed by atoms with E-state index in [0.717, 1.165) is 4.90 Å². The minimum atomic E-state index is -4.37. The highest BCUT2D eigenvalue weighted by Crippen LogP contribution is 2.66. The predicted molar refractivity (Wildman–Crippen MR) is 127 cm³/mol. The zero-order valence-corrected chi connectivity index (χ0v) is 20.3. The molecule has 2 atom stereocenters. The van der Waals surface area contributed by atoms with E-state index in [1.54, 1.807) is 13.0 Å². The third-order valence-corrected chi connectivity index (χ3v) is 7.33. The summed E-state index contributed by atoms with van der Waals surface area (Å²) in [6.45, 7) is 3.45. The Balaban J connectivity index is 1.41. The fraction of sp³-hybridized carbons (Fsp3) is 0.520. The lowest BCUT2D eigenvalue weighted by molar-refractivity contribution is -0.187. The number of likely N-dealkylation sites (tertiary alicyclic amines) is 1. The average Bonchev–Trinajstić information content (AvgIpc) is 3.45. The number of nitrogens with one attached hydrogen (secondary N) is 1. The summed E-state index contributed by atoms with van der Waals surface area (Å²) in [5.74, 6) is -0.402. The van der Waals surface area contributed by atoms with Crippen molar-refractivity contribution in [3.8, 4) is 17.0 Å². The Hall–Kier alpha value is -3.12. The third kappa shape index (κ3) is 4.91. The highest BCUT2D eigenvalue weighted by Gasteiger charge is 2.74. The van der Waals surface area contributed by atoms with E-state index in [0.29, 0.717) is 48.8 Å². The molecular weight excluding hydrogens is 496 g/mol. The van der Waals surface area contributed by atoms with E-state index in [4.69, 9.17) is 14.6 Å².